The fraction of sp³-hybridized carbons (Fsp3) is 0.188. The molecule has 0 atom stereocenters. The maximum absolute atomic E-state index is 12.1. The molecule has 2 aromatic rings. The molecule has 0 radical (unpaired) electrons. The van der Waals surface area contributed by atoms with Crippen LogP contribution in [0.15, 0.2) is 16.9 Å². The minimum Gasteiger partial charge on any atom is -0.496 e. The van der Waals surface area contributed by atoms with Crippen molar-refractivity contribution in [1.82, 2.24) is 4.98 Å². The van der Waals surface area contributed by atoms with Gasteiger partial charge >= 0.3 is 11.9 Å². The Labute approximate surface area is 136 Å². The van der Waals surface area contributed by atoms with Crippen LogP contribution in [0.1, 0.15) is 31.8 Å². The zero-order valence-corrected chi connectivity index (χ0v) is 13.3. The van der Waals surface area contributed by atoms with Gasteiger partial charge in [0.05, 0.1) is 7.11 Å². The Hall–Kier alpha value is -3.29. The number of nitrogens with one attached hydrogen (secondary N) is 1. The van der Waals surface area contributed by atoms with Gasteiger partial charge in [0.2, 0.25) is 0 Å². The second-order valence-electron chi connectivity index (χ2n) is 5.27. The Morgan fingerprint density at radius 2 is 1.71 bits per heavy atom. The van der Waals surface area contributed by atoms with Crippen molar-refractivity contribution >= 4 is 17.8 Å². The minimum absolute atomic E-state index is 0.183. The van der Waals surface area contributed by atoms with Crippen molar-refractivity contribution in [1.29, 1.82) is 0 Å². The third-order valence-electron chi connectivity index (χ3n) is 3.56. The van der Waals surface area contributed by atoms with Gasteiger partial charge in [-0.2, -0.15) is 0 Å². The first-order chi connectivity index (χ1) is 11.2. The molecule has 0 aliphatic heterocycles. The number of aromatic nitrogens is 1. The van der Waals surface area contributed by atoms with E-state index < -0.39 is 34.4 Å². The molecule has 0 aliphatic carbocycles. The summed E-state index contributed by atoms with van der Waals surface area (Å²) in [6, 6.07) is 3.35. The van der Waals surface area contributed by atoms with E-state index in [-0.39, 0.29) is 16.9 Å². The first-order valence-corrected chi connectivity index (χ1v) is 6.87. The number of carbonyl (C=O) groups is 2. The smallest absolute Gasteiger partial charge is 0.342 e. The zero-order valence-electron chi connectivity index (χ0n) is 13.3. The number of aryl methyl sites for hydroxylation is 2. The number of nitrogen functional groups attached to an aromatic ring is 1. The number of benzene rings is 1. The van der Waals surface area contributed by atoms with E-state index in [1.54, 1.807) is 26.0 Å². The summed E-state index contributed by atoms with van der Waals surface area (Å²) in [4.78, 5) is 37.3. The van der Waals surface area contributed by atoms with Crippen LogP contribution < -0.4 is 16.0 Å². The summed E-state index contributed by atoms with van der Waals surface area (Å²) in [7, 11) is 1.37. The molecule has 1 aromatic carbocycles. The molecule has 0 spiro atoms. The molecule has 5 N–H and O–H groups in total. The van der Waals surface area contributed by atoms with Crippen LogP contribution in [0.4, 0.5) is 5.82 Å². The third kappa shape index (κ3) is 2.69. The molecule has 126 valence electrons. The predicted octanol–water partition coefficient (Wildman–Crippen LogP) is 1.65. The number of aromatic carboxylic acids is 2. The zero-order chi connectivity index (χ0) is 18.2. The number of hydrogen-bond acceptors (Lipinski definition) is 5. The van der Waals surface area contributed by atoms with E-state index in [0.29, 0.717) is 5.56 Å². The van der Waals surface area contributed by atoms with Crippen molar-refractivity contribution in [2.24, 2.45) is 0 Å². The Bertz CT molecular complexity index is 914. The second kappa shape index (κ2) is 6.07. The van der Waals surface area contributed by atoms with Crippen molar-refractivity contribution < 1.29 is 24.5 Å². The third-order valence-corrected chi connectivity index (χ3v) is 3.56. The molecule has 0 saturated heterocycles. The van der Waals surface area contributed by atoms with E-state index in [1.807, 2.05) is 0 Å². The molecule has 24 heavy (non-hydrogen) atoms. The number of H-pyrrole nitrogens is 1. The number of nitrogens with two attached hydrogens (primary N) is 1. The Morgan fingerprint density at radius 1 is 1.12 bits per heavy atom. The first-order valence-electron chi connectivity index (χ1n) is 6.87. The van der Waals surface area contributed by atoms with Crippen molar-refractivity contribution in [3.8, 4) is 16.9 Å². The highest BCUT2D eigenvalue weighted by molar-refractivity contribution is 6.08. The largest absolute Gasteiger partial charge is 0.496 e. The lowest BCUT2D eigenvalue weighted by Crippen LogP contribution is -2.24. The normalized spacial score (nSPS) is 10.5. The van der Waals surface area contributed by atoms with Gasteiger partial charge in [-0.05, 0) is 31.0 Å². The molecular formula is C16H16N2O6. The summed E-state index contributed by atoms with van der Waals surface area (Å²) in [6.45, 7) is 3.49. The van der Waals surface area contributed by atoms with Crippen LogP contribution in [0.2, 0.25) is 0 Å². The average molecular weight is 332 g/mol. The lowest BCUT2D eigenvalue weighted by atomic mass is 9.92. The number of ether oxygens (including phenoxy) is 1. The predicted molar refractivity (Wildman–Crippen MR) is 86.9 cm³/mol. The molecular weight excluding hydrogens is 316 g/mol. The summed E-state index contributed by atoms with van der Waals surface area (Å²) >= 11 is 0. The highest BCUT2D eigenvalue weighted by Crippen LogP contribution is 2.38. The maximum atomic E-state index is 12.1. The van der Waals surface area contributed by atoms with E-state index in [2.05, 4.69) is 4.98 Å². The van der Waals surface area contributed by atoms with Crippen LogP contribution in [-0.2, 0) is 0 Å². The van der Waals surface area contributed by atoms with Gasteiger partial charge in [0.1, 0.15) is 22.7 Å². The lowest BCUT2D eigenvalue weighted by Gasteiger charge is -2.17. The van der Waals surface area contributed by atoms with Gasteiger partial charge in [0, 0.05) is 11.1 Å². The highest BCUT2D eigenvalue weighted by atomic mass is 16.5. The van der Waals surface area contributed by atoms with E-state index in [9.17, 15) is 24.6 Å². The van der Waals surface area contributed by atoms with Crippen molar-refractivity contribution in [3.05, 3.63) is 44.7 Å². The number of carboxylic acids is 2. The highest BCUT2D eigenvalue weighted by Gasteiger charge is 2.28. The summed E-state index contributed by atoms with van der Waals surface area (Å²) in [5, 5.41) is 18.9. The fourth-order valence-corrected chi connectivity index (χ4v) is 2.73. The quantitative estimate of drug-likeness (QED) is 0.666. The molecule has 0 fully saturated rings. The van der Waals surface area contributed by atoms with Crippen molar-refractivity contribution in [3.63, 3.8) is 0 Å². The number of pyridine rings is 1. The van der Waals surface area contributed by atoms with Gasteiger partial charge in [0.25, 0.3) is 5.56 Å². The number of anilines is 1. The lowest BCUT2D eigenvalue weighted by molar-refractivity contribution is 0.0695. The monoisotopic (exact) mass is 332 g/mol. The summed E-state index contributed by atoms with van der Waals surface area (Å²) in [6.07, 6.45) is 0. The average Bonchev–Trinajstić information content (AvgIpc) is 2.44. The van der Waals surface area contributed by atoms with Gasteiger partial charge in [-0.3, -0.25) is 4.79 Å². The molecule has 0 aliphatic rings. The Kier molecular flexibility index (Phi) is 4.32. The van der Waals surface area contributed by atoms with E-state index >= 15 is 0 Å². The fourth-order valence-electron chi connectivity index (χ4n) is 2.73. The van der Waals surface area contributed by atoms with Crippen molar-refractivity contribution in [2.45, 2.75) is 13.8 Å². The van der Waals surface area contributed by atoms with E-state index in [0.717, 1.165) is 5.56 Å². The van der Waals surface area contributed by atoms with Gasteiger partial charge in [-0.1, -0.05) is 6.07 Å². The number of aromatic amines is 1. The molecule has 1 aromatic heterocycles. The van der Waals surface area contributed by atoms with Crippen LogP contribution in [-0.4, -0.2) is 34.2 Å². The summed E-state index contributed by atoms with van der Waals surface area (Å²) in [5.41, 5.74) is 4.76. The summed E-state index contributed by atoms with van der Waals surface area (Å²) in [5.74, 6) is -3.17. The van der Waals surface area contributed by atoms with E-state index in [4.69, 9.17) is 10.5 Å². The number of rotatable bonds is 4. The molecule has 0 saturated carbocycles. The molecule has 2 rings (SSSR count). The number of methoxy groups -OCH3 is 1. The van der Waals surface area contributed by atoms with E-state index in [1.165, 1.54) is 7.11 Å². The Balaban J connectivity index is 3.11. The molecule has 1 heterocycles. The standard InChI is InChI=1S/C16H16N2O6/c1-6-4-7(2)12(24-3)8(5-6)9-10(15(20)21)13(17)18-14(19)11(9)16(22)23/h4-5H,1-3H3,(H,20,21)(H,22,23)(H3,17,18,19). The number of carboxylic acid groups (broad SMARTS) is 2. The maximum Gasteiger partial charge on any atom is 0.342 e. The van der Waals surface area contributed by atoms with Crippen LogP contribution in [0.25, 0.3) is 11.1 Å². The van der Waals surface area contributed by atoms with Gasteiger partial charge in [0.15, 0.2) is 0 Å². The van der Waals surface area contributed by atoms with Crippen LogP contribution in [0, 0.1) is 13.8 Å². The van der Waals surface area contributed by atoms with Crippen molar-refractivity contribution in [2.75, 3.05) is 12.8 Å². The van der Waals surface area contributed by atoms with Gasteiger partial charge in [-0.15, -0.1) is 0 Å². The topological polar surface area (TPSA) is 143 Å². The molecule has 0 bridgehead atoms. The second-order valence-corrected chi connectivity index (χ2v) is 5.27. The summed E-state index contributed by atoms with van der Waals surface area (Å²) < 4.78 is 5.30. The molecule has 8 heteroatoms. The van der Waals surface area contributed by atoms with Gasteiger partial charge in [-0.25, -0.2) is 9.59 Å². The SMILES string of the molecule is COc1c(C)cc(C)cc1-c1c(C(=O)O)c(N)[nH]c(=O)c1C(=O)O. The van der Waals surface area contributed by atoms with Gasteiger partial charge < -0.3 is 25.7 Å². The number of hydrogen-bond donors (Lipinski definition) is 4. The first kappa shape index (κ1) is 17.1. The van der Waals surface area contributed by atoms with Crippen LogP contribution in [0.5, 0.6) is 5.75 Å². The van der Waals surface area contributed by atoms with Crippen LogP contribution in [0.3, 0.4) is 0 Å². The Morgan fingerprint density at radius 3 is 2.21 bits per heavy atom. The molecule has 0 amide bonds. The molecule has 8 nitrogen and oxygen atoms in total. The minimum atomic E-state index is -1.56. The molecule has 0 unspecified atom stereocenters. The van der Waals surface area contributed by atoms with Crippen LogP contribution >= 0.6 is 0 Å².